The largest absolute Gasteiger partial charge is 0.444 e. The molecule has 1 saturated heterocycles. The number of fused-ring (bicyclic) bond motifs is 2. The zero-order chi connectivity index (χ0) is 28.6. The molecule has 0 unspecified atom stereocenters. The third-order valence-electron chi connectivity index (χ3n) is 7.63. The van der Waals surface area contributed by atoms with Crippen molar-refractivity contribution < 1.29 is 19.1 Å². The average Bonchev–Trinajstić information content (AvgIpc) is 3.35. The van der Waals surface area contributed by atoms with Crippen LogP contribution in [0.3, 0.4) is 0 Å². The number of urea groups is 1. The Balaban J connectivity index is 1.61. The minimum absolute atomic E-state index is 0.0737. The summed E-state index contributed by atoms with van der Waals surface area (Å²) in [6.45, 7) is 14.9. The maximum absolute atomic E-state index is 13.4. The van der Waals surface area contributed by atoms with Crippen molar-refractivity contribution >= 4 is 23.2 Å². The second-order valence-electron chi connectivity index (χ2n) is 12.0. The quantitative estimate of drug-likeness (QED) is 0.433. The van der Waals surface area contributed by atoms with Crippen LogP contribution in [-0.2, 0) is 22.4 Å². The van der Waals surface area contributed by atoms with E-state index < -0.39 is 5.60 Å². The molecule has 3 amide bonds. The molecule has 4 heterocycles. The molecule has 3 aromatic rings. The van der Waals surface area contributed by atoms with Crippen LogP contribution in [0.5, 0.6) is 0 Å². The highest BCUT2D eigenvalue weighted by molar-refractivity contribution is 5.85. The number of H-pyrrole nitrogens is 1. The molecule has 2 aliphatic rings. The van der Waals surface area contributed by atoms with Gasteiger partial charge in [0, 0.05) is 49.5 Å². The number of ether oxygens (including phenoxy) is 2. The smallest absolute Gasteiger partial charge is 0.410 e. The third-order valence-corrected chi connectivity index (χ3v) is 7.63. The van der Waals surface area contributed by atoms with Gasteiger partial charge in [-0.05, 0) is 80.0 Å². The molecule has 9 nitrogen and oxygen atoms in total. The summed E-state index contributed by atoms with van der Waals surface area (Å²) in [5, 5.41) is 4.05. The fourth-order valence-electron chi connectivity index (χ4n) is 5.66. The maximum atomic E-state index is 13.4. The van der Waals surface area contributed by atoms with Crippen LogP contribution in [0.4, 0.5) is 9.59 Å². The van der Waals surface area contributed by atoms with Gasteiger partial charge in [-0.15, -0.1) is 0 Å². The second kappa shape index (κ2) is 11.1. The molecule has 214 valence electrons. The summed E-state index contributed by atoms with van der Waals surface area (Å²) in [7, 11) is 0. The number of pyridine rings is 1. The molecule has 0 bridgehead atoms. The lowest BCUT2D eigenvalue weighted by Crippen LogP contribution is -2.47. The Morgan fingerprint density at radius 1 is 1.20 bits per heavy atom. The number of hydrogen-bond acceptors (Lipinski definition) is 5. The normalized spacial score (nSPS) is 17.7. The molecule has 2 aromatic heterocycles. The van der Waals surface area contributed by atoms with E-state index in [0.717, 1.165) is 39.7 Å². The fourth-order valence-corrected chi connectivity index (χ4v) is 5.66. The summed E-state index contributed by atoms with van der Waals surface area (Å²) in [6, 6.07) is 6.17. The van der Waals surface area contributed by atoms with Crippen molar-refractivity contribution in [2.75, 3.05) is 32.8 Å². The summed E-state index contributed by atoms with van der Waals surface area (Å²) >= 11 is 0. The van der Waals surface area contributed by atoms with Crippen molar-refractivity contribution in [3.05, 3.63) is 52.8 Å². The van der Waals surface area contributed by atoms with E-state index in [4.69, 9.17) is 14.5 Å². The van der Waals surface area contributed by atoms with Crippen molar-refractivity contribution in [1.29, 1.82) is 0 Å². The number of aromatic amines is 1. The highest BCUT2D eigenvalue weighted by Crippen LogP contribution is 2.37. The lowest BCUT2D eigenvalue weighted by Gasteiger charge is -2.39. The van der Waals surface area contributed by atoms with E-state index in [9.17, 15) is 9.59 Å². The number of rotatable bonds is 4. The van der Waals surface area contributed by atoms with Crippen LogP contribution in [0.1, 0.15) is 75.8 Å². The molecule has 0 spiro atoms. The minimum atomic E-state index is -0.609. The number of carbonyl (C=O) groups excluding carboxylic acids is 2. The van der Waals surface area contributed by atoms with E-state index in [-0.39, 0.29) is 18.2 Å². The van der Waals surface area contributed by atoms with Crippen molar-refractivity contribution in [2.45, 2.75) is 72.1 Å². The number of aromatic nitrogens is 2. The molecule has 0 aliphatic carbocycles. The fraction of sp³-hybridized carbons (Fsp3) is 0.516. The molecular formula is C31H41N5O4. The lowest BCUT2D eigenvalue weighted by atomic mass is 9.87. The van der Waals surface area contributed by atoms with E-state index in [1.807, 2.05) is 45.0 Å². The molecule has 0 radical (unpaired) electrons. The Morgan fingerprint density at radius 2 is 2.00 bits per heavy atom. The van der Waals surface area contributed by atoms with Gasteiger partial charge in [0.15, 0.2) is 0 Å². The Bertz CT molecular complexity index is 1410. The van der Waals surface area contributed by atoms with Crippen LogP contribution in [0.15, 0.2) is 30.6 Å². The molecule has 2 N–H and O–H groups in total. The van der Waals surface area contributed by atoms with E-state index in [0.29, 0.717) is 45.3 Å². The molecular weight excluding hydrogens is 506 g/mol. The highest BCUT2D eigenvalue weighted by atomic mass is 16.6. The van der Waals surface area contributed by atoms with Gasteiger partial charge < -0.3 is 24.7 Å². The first-order valence-electron chi connectivity index (χ1n) is 14.3. The monoisotopic (exact) mass is 547 g/mol. The van der Waals surface area contributed by atoms with Gasteiger partial charge in [-0.25, -0.2) is 14.6 Å². The van der Waals surface area contributed by atoms with Crippen molar-refractivity contribution in [1.82, 2.24) is 25.1 Å². The van der Waals surface area contributed by atoms with Gasteiger partial charge in [-0.3, -0.25) is 4.90 Å². The summed E-state index contributed by atoms with van der Waals surface area (Å²) in [5.41, 5.74) is 6.80. The van der Waals surface area contributed by atoms with Gasteiger partial charge >= 0.3 is 12.1 Å². The molecule has 0 saturated carbocycles. The number of nitrogens with one attached hydrogen (secondary N) is 2. The molecule has 5 rings (SSSR count). The van der Waals surface area contributed by atoms with Gasteiger partial charge in [0.2, 0.25) is 0 Å². The SMILES string of the molecule is CCNC(=O)N1CCc2cc(-c3cnc4[nH]cc(C(C)C)c4c3)cc([C@@H]3COCCN3C(=O)OC(C)(C)C)c2C1. The van der Waals surface area contributed by atoms with Gasteiger partial charge in [0.1, 0.15) is 11.2 Å². The van der Waals surface area contributed by atoms with Gasteiger partial charge in [-0.2, -0.15) is 0 Å². The van der Waals surface area contributed by atoms with Crippen molar-refractivity contribution in [3.8, 4) is 11.1 Å². The van der Waals surface area contributed by atoms with Crippen molar-refractivity contribution in [2.24, 2.45) is 0 Å². The number of hydrogen-bond donors (Lipinski definition) is 2. The Morgan fingerprint density at radius 3 is 2.73 bits per heavy atom. The zero-order valence-corrected chi connectivity index (χ0v) is 24.5. The van der Waals surface area contributed by atoms with Crippen molar-refractivity contribution in [3.63, 3.8) is 0 Å². The van der Waals surface area contributed by atoms with Gasteiger partial charge in [-0.1, -0.05) is 19.9 Å². The highest BCUT2D eigenvalue weighted by Gasteiger charge is 2.35. The van der Waals surface area contributed by atoms with Gasteiger partial charge in [0.25, 0.3) is 0 Å². The van der Waals surface area contributed by atoms with Crippen LogP contribution in [0.25, 0.3) is 22.2 Å². The van der Waals surface area contributed by atoms with E-state index >= 15 is 0 Å². The Labute approximate surface area is 236 Å². The molecule has 1 atom stereocenters. The molecule has 1 fully saturated rings. The van der Waals surface area contributed by atoms with Gasteiger partial charge in [0.05, 0.1) is 19.3 Å². The number of nitrogens with zero attached hydrogens (tertiary/aromatic N) is 3. The predicted molar refractivity (Wildman–Crippen MR) is 155 cm³/mol. The van der Waals surface area contributed by atoms with Crippen LogP contribution >= 0.6 is 0 Å². The van der Waals surface area contributed by atoms with Crippen LogP contribution in [-0.4, -0.2) is 70.3 Å². The van der Waals surface area contributed by atoms with E-state index in [1.165, 1.54) is 11.1 Å². The standard InChI is InChI=1S/C31H41N5O4/c1-7-32-29(37)35-9-8-20-12-21(22-14-24-25(19(2)3)16-34-28(24)33-15-22)13-23(26(20)17-35)27-18-39-11-10-36(27)30(38)40-31(4,5)6/h12-16,19,27H,7-11,17-18H2,1-6H3,(H,32,37)(H,33,34)/t27-/m0/s1. The van der Waals surface area contributed by atoms with E-state index in [1.54, 1.807) is 4.90 Å². The second-order valence-corrected chi connectivity index (χ2v) is 12.0. The summed E-state index contributed by atoms with van der Waals surface area (Å²) < 4.78 is 11.7. The first kappa shape index (κ1) is 28.0. The Hall–Kier alpha value is -3.59. The average molecular weight is 548 g/mol. The minimum Gasteiger partial charge on any atom is -0.444 e. The van der Waals surface area contributed by atoms with E-state index in [2.05, 4.69) is 42.3 Å². The number of benzene rings is 1. The molecule has 40 heavy (non-hydrogen) atoms. The lowest BCUT2D eigenvalue weighted by molar-refractivity contribution is -0.0334. The number of amides is 3. The molecule has 1 aromatic carbocycles. The summed E-state index contributed by atoms with van der Waals surface area (Å²) in [4.78, 5) is 37.8. The topological polar surface area (TPSA) is 99.8 Å². The van der Waals surface area contributed by atoms with Crippen LogP contribution in [0, 0.1) is 0 Å². The van der Waals surface area contributed by atoms with Crippen LogP contribution < -0.4 is 5.32 Å². The van der Waals surface area contributed by atoms with Crippen LogP contribution in [0.2, 0.25) is 0 Å². The Kier molecular flexibility index (Phi) is 7.77. The third kappa shape index (κ3) is 5.66. The molecule has 9 heteroatoms. The first-order chi connectivity index (χ1) is 19.1. The maximum Gasteiger partial charge on any atom is 0.410 e. The first-order valence-corrected chi connectivity index (χ1v) is 14.3. The number of carbonyl (C=O) groups is 2. The summed E-state index contributed by atoms with van der Waals surface area (Å²) in [6.07, 6.45) is 4.32. The number of morpholine rings is 1. The zero-order valence-electron chi connectivity index (χ0n) is 24.5. The predicted octanol–water partition coefficient (Wildman–Crippen LogP) is 5.75. The molecule has 2 aliphatic heterocycles. The summed E-state index contributed by atoms with van der Waals surface area (Å²) in [5.74, 6) is 0.368.